The zero-order chi connectivity index (χ0) is 11.5. The molecule has 0 bridgehead atoms. The van der Waals surface area contributed by atoms with Gasteiger partial charge in [0, 0.05) is 13.2 Å². The van der Waals surface area contributed by atoms with Gasteiger partial charge in [-0.15, -0.1) is 6.42 Å². The minimum Gasteiger partial charge on any atom is -0.380 e. The number of ether oxygens (including phenoxy) is 1. The van der Waals surface area contributed by atoms with Crippen molar-refractivity contribution in [3.05, 3.63) is 0 Å². The van der Waals surface area contributed by atoms with Crippen molar-refractivity contribution in [2.75, 3.05) is 19.8 Å². The highest BCUT2D eigenvalue weighted by Gasteiger charge is 2.01. The van der Waals surface area contributed by atoms with Crippen molar-refractivity contribution < 1.29 is 4.74 Å². The first-order chi connectivity index (χ1) is 7.20. The van der Waals surface area contributed by atoms with Gasteiger partial charge in [0.1, 0.15) is 0 Å². The van der Waals surface area contributed by atoms with Crippen molar-refractivity contribution in [1.82, 2.24) is 5.32 Å². The summed E-state index contributed by atoms with van der Waals surface area (Å²) >= 11 is 0. The second-order valence-electron chi connectivity index (χ2n) is 4.26. The maximum absolute atomic E-state index is 5.49. The van der Waals surface area contributed by atoms with E-state index >= 15 is 0 Å². The highest BCUT2D eigenvalue weighted by atomic mass is 16.5. The number of hydrogen-bond donors (Lipinski definition) is 1. The molecule has 0 saturated heterocycles. The van der Waals surface area contributed by atoms with Gasteiger partial charge in [0.25, 0.3) is 0 Å². The number of hydrogen-bond acceptors (Lipinski definition) is 2. The van der Waals surface area contributed by atoms with Crippen LogP contribution in [-0.2, 0) is 4.74 Å². The largest absolute Gasteiger partial charge is 0.380 e. The lowest BCUT2D eigenvalue weighted by atomic mass is 10.1. The van der Waals surface area contributed by atoms with E-state index in [1.54, 1.807) is 0 Å². The summed E-state index contributed by atoms with van der Waals surface area (Å²) in [4.78, 5) is 0. The summed E-state index contributed by atoms with van der Waals surface area (Å²) in [7, 11) is 0. The van der Waals surface area contributed by atoms with Crippen LogP contribution >= 0.6 is 0 Å². The third kappa shape index (κ3) is 9.78. The molecule has 0 saturated carbocycles. The molecule has 0 aliphatic heterocycles. The molecule has 2 nitrogen and oxygen atoms in total. The molecule has 0 aromatic rings. The van der Waals surface area contributed by atoms with Crippen LogP contribution in [0.5, 0.6) is 0 Å². The van der Waals surface area contributed by atoms with Crippen LogP contribution in [0.15, 0.2) is 0 Å². The number of terminal acetylenes is 1. The van der Waals surface area contributed by atoms with E-state index in [9.17, 15) is 0 Å². The fourth-order valence-electron chi connectivity index (χ4n) is 1.26. The molecule has 0 rings (SSSR count). The van der Waals surface area contributed by atoms with Crippen molar-refractivity contribution in [3.63, 3.8) is 0 Å². The molecular weight excluding hydrogens is 186 g/mol. The molecular formula is C13H25NO. The van der Waals surface area contributed by atoms with E-state index < -0.39 is 0 Å². The van der Waals surface area contributed by atoms with Crippen LogP contribution < -0.4 is 5.32 Å². The first-order valence-electron chi connectivity index (χ1n) is 5.98. The quantitative estimate of drug-likeness (QED) is 0.467. The second kappa shape index (κ2) is 10.0. The maximum atomic E-state index is 5.49. The Bertz CT molecular complexity index is 172. The summed E-state index contributed by atoms with van der Waals surface area (Å²) in [5.41, 5.74) is 0. The van der Waals surface area contributed by atoms with Gasteiger partial charge in [-0.3, -0.25) is 0 Å². The highest BCUT2D eigenvalue weighted by molar-refractivity contribution is 4.98. The van der Waals surface area contributed by atoms with Crippen LogP contribution in [0.25, 0.3) is 0 Å². The fourth-order valence-corrected chi connectivity index (χ4v) is 1.26. The first kappa shape index (κ1) is 14.5. The van der Waals surface area contributed by atoms with Crippen molar-refractivity contribution >= 4 is 0 Å². The highest BCUT2D eigenvalue weighted by Crippen LogP contribution is 1.98. The van der Waals surface area contributed by atoms with Crippen molar-refractivity contribution in [2.45, 2.75) is 46.1 Å². The van der Waals surface area contributed by atoms with E-state index in [0.29, 0.717) is 0 Å². The Morgan fingerprint density at radius 3 is 2.53 bits per heavy atom. The average molecular weight is 211 g/mol. The molecule has 0 aromatic heterocycles. The maximum Gasteiger partial charge on any atom is 0.0687 e. The summed E-state index contributed by atoms with van der Waals surface area (Å²) in [6.45, 7) is 9.02. The van der Waals surface area contributed by atoms with E-state index in [0.717, 1.165) is 44.9 Å². The monoisotopic (exact) mass is 211 g/mol. The Labute approximate surface area is 94.8 Å². The van der Waals surface area contributed by atoms with Gasteiger partial charge >= 0.3 is 0 Å². The van der Waals surface area contributed by atoms with Gasteiger partial charge in [0.05, 0.1) is 12.6 Å². The Hall–Kier alpha value is -0.520. The van der Waals surface area contributed by atoms with Gasteiger partial charge in [-0.05, 0) is 18.8 Å². The SMILES string of the molecule is C#CC(CCC)NCCOCCC(C)C. The molecule has 88 valence electrons. The molecule has 0 fully saturated rings. The Morgan fingerprint density at radius 1 is 1.27 bits per heavy atom. The lowest BCUT2D eigenvalue weighted by Gasteiger charge is -2.12. The summed E-state index contributed by atoms with van der Waals surface area (Å²) in [5, 5.41) is 3.30. The summed E-state index contributed by atoms with van der Waals surface area (Å²) in [6.07, 6.45) is 8.68. The first-order valence-corrected chi connectivity index (χ1v) is 5.98. The summed E-state index contributed by atoms with van der Waals surface area (Å²) < 4.78 is 5.49. The van der Waals surface area contributed by atoms with Crippen LogP contribution in [0.1, 0.15) is 40.0 Å². The molecule has 0 aliphatic rings. The minimum absolute atomic E-state index is 0.212. The minimum atomic E-state index is 0.212. The number of rotatable bonds is 9. The van der Waals surface area contributed by atoms with Gasteiger partial charge in [0.2, 0.25) is 0 Å². The lowest BCUT2D eigenvalue weighted by molar-refractivity contribution is 0.124. The fraction of sp³-hybridized carbons (Fsp3) is 0.846. The van der Waals surface area contributed by atoms with Crippen molar-refractivity contribution in [1.29, 1.82) is 0 Å². The zero-order valence-corrected chi connectivity index (χ0v) is 10.4. The number of nitrogens with one attached hydrogen (secondary N) is 1. The predicted molar refractivity (Wildman–Crippen MR) is 65.8 cm³/mol. The molecule has 0 aliphatic carbocycles. The van der Waals surface area contributed by atoms with E-state index in [2.05, 4.69) is 32.0 Å². The molecule has 2 heteroatoms. The molecule has 1 atom stereocenters. The molecule has 0 heterocycles. The molecule has 0 aromatic carbocycles. The van der Waals surface area contributed by atoms with Crippen LogP contribution in [-0.4, -0.2) is 25.8 Å². The van der Waals surface area contributed by atoms with E-state index in [1.165, 1.54) is 0 Å². The van der Waals surface area contributed by atoms with Crippen LogP contribution in [0.4, 0.5) is 0 Å². The Morgan fingerprint density at radius 2 is 2.00 bits per heavy atom. The Balaban J connectivity index is 3.26. The molecule has 1 unspecified atom stereocenters. The van der Waals surface area contributed by atoms with E-state index in [1.807, 2.05) is 0 Å². The molecule has 1 N–H and O–H groups in total. The van der Waals surface area contributed by atoms with Gasteiger partial charge in [-0.1, -0.05) is 33.1 Å². The summed E-state index contributed by atoms with van der Waals surface area (Å²) in [5.74, 6) is 3.46. The zero-order valence-electron chi connectivity index (χ0n) is 10.4. The van der Waals surface area contributed by atoms with E-state index in [4.69, 9.17) is 11.2 Å². The second-order valence-corrected chi connectivity index (χ2v) is 4.26. The van der Waals surface area contributed by atoms with Crippen molar-refractivity contribution in [2.24, 2.45) is 5.92 Å². The van der Waals surface area contributed by atoms with E-state index in [-0.39, 0.29) is 6.04 Å². The van der Waals surface area contributed by atoms with Gasteiger partial charge in [0.15, 0.2) is 0 Å². The topological polar surface area (TPSA) is 21.3 Å². The standard InChI is InChI=1S/C13H25NO/c1-5-7-13(6-2)14-9-11-15-10-8-12(3)4/h2,12-14H,5,7-11H2,1,3-4H3. The lowest BCUT2D eigenvalue weighted by Crippen LogP contribution is -2.30. The molecule has 0 amide bonds. The molecule has 0 spiro atoms. The van der Waals surface area contributed by atoms with Crippen LogP contribution in [0, 0.1) is 18.3 Å². The molecule has 0 radical (unpaired) electrons. The van der Waals surface area contributed by atoms with Gasteiger partial charge in [-0.2, -0.15) is 0 Å². The normalized spacial score (nSPS) is 12.7. The smallest absolute Gasteiger partial charge is 0.0687 e. The van der Waals surface area contributed by atoms with Gasteiger partial charge in [-0.25, -0.2) is 0 Å². The van der Waals surface area contributed by atoms with Gasteiger partial charge < -0.3 is 10.1 Å². The van der Waals surface area contributed by atoms with Crippen LogP contribution in [0.3, 0.4) is 0 Å². The summed E-state index contributed by atoms with van der Waals surface area (Å²) in [6, 6.07) is 0.212. The average Bonchev–Trinajstić information content (AvgIpc) is 2.21. The van der Waals surface area contributed by atoms with Crippen molar-refractivity contribution in [3.8, 4) is 12.3 Å². The third-order valence-corrected chi connectivity index (χ3v) is 2.26. The van der Waals surface area contributed by atoms with Crippen LogP contribution in [0.2, 0.25) is 0 Å². The molecule has 15 heavy (non-hydrogen) atoms. The third-order valence-electron chi connectivity index (χ3n) is 2.26. The predicted octanol–water partition coefficient (Wildman–Crippen LogP) is 2.44. The Kier molecular flexibility index (Phi) is 9.67.